The predicted octanol–water partition coefficient (Wildman–Crippen LogP) is 5.48. The fourth-order valence-electron chi connectivity index (χ4n) is 5.33. The average molecular weight is 481 g/mol. The van der Waals surface area contributed by atoms with E-state index in [0.29, 0.717) is 24.2 Å². The maximum absolute atomic E-state index is 14.5. The molecule has 1 aliphatic carbocycles. The van der Waals surface area contributed by atoms with Crippen LogP contribution >= 0.6 is 0 Å². The Morgan fingerprint density at radius 2 is 1.74 bits per heavy atom. The van der Waals surface area contributed by atoms with Gasteiger partial charge in [0.2, 0.25) is 5.91 Å². The summed E-state index contributed by atoms with van der Waals surface area (Å²) in [6, 6.07) is 11.7. The van der Waals surface area contributed by atoms with Crippen LogP contribution in [0.1, 0.15) is 54.9 Å². The van der Waals surface area contributed by atoms with E-state index >= 15 is 0 Å². The van der Waals surface area contributed by atoms with Gasteiger partial charge in [-0.15, -0.1) is 0 Å². The zero-order valence-electron chi connectivity index (χ0n) is 20.6. The summed E-state index contributed by atoms with van der Waals surface area (Å²) in [4.78, 5) is 29.6. The van der Waals surface area contributed by atoms with Crippen molar-refractivity contribution in [2.75, 3.05) is 19.6 Å². The number of Topliss-reactive ketones (excluding diaryl/α,β-unsaturated/α-hetero) is 1. The molecule has 2 aromatic rings. The van der Waals surface area contributed by atoms with E-state index in [4.69, 9.17) is 0 Å². The molecule has 1 heterocycles. The number of rotatable bonds is 7. The fraction of sp³-hybridized carbons (Fsp3) is 0.448. The number of benzene rings is 2. The molecule has 1 saturated heterocycles. The van der Waals surface area contributed by atoms with Gasteiger partial charge in [-0.05, 0) is 67.2 Å². The van der Waals surface area contributed by atoms with Crippen LogP contribution < -0.4 is 0 Å². The summed E-state index contributed by atoms with van der Waals surface area (Å²) in [5.74, 6) is -1.47. The quantitative estimate of drug-likeness (QED) is 0.493. The van der Waals surface area contributed by atoms with E-state index in [0.717, 1.165) is 49.9 Å². The summed E-state index contributed by atoms with van der Waals surface area (Å²) in [6.07, 6.45) is 5.30. The van der Waals surface area contributed by atoms with Crippen LogP contribution in [-0.2, 0) is 22.6 Å². The lowest BCUT2D eigenvalue weighted by atomic mass is 9.96. The van der Waals surface area contributed by atoms with Crippen LogP contribution in [0.4, 0.5) is 8.78 Å². The predicted molar refractivity (Wildman–Crippen MR) is 134 cm³/mol. The van der Waals surface area contributed by atoms with E-state index in [2.05, 4.69) is 11.8 Å². The number of hydrogen-bond donors (Lipinski definition) is 0. The minimum Gasteiger partial charge on any atom is -0.337 e. The van der Waals surface area contributed by atoms with Gasteiger partial charge in [0.1, 0.15) is 5.82 Å². The van der Waals surface area contributed by atoms with E-state index < -0.39 is 17.4 Å². The third kappa shape index (κ3) is 6.23. The number of amides is 1. The molecule has 186 valence electrons. The van der Waals surface area contributed by atoms with E-state index in [9.17, 15) is 18.4 Å². The lowest BCUT2D eigenvalue weighted by molar-refractivity contribution is -0.140. The van der Waals surface area contributed by atoms with Gasteiger partial charge in [-0.1, -0.05) is 43.2 Å². The van der Waals surface area contributed by atoms with Crippen LogP contribution in [0.5, 0.6) is 0 Å². The first-order chi connectivity index (χ1) is 16.8. The molecule has 1 amide bonds. The van der Waals surface area contributed by atoms with Crippen LogP contribution in [0.3, 0.4) is 0 Å². The van der Waals surface area contributed by atoms with Gasteiger partial charge in [-0.3, -0.25) is 14.5 Å². The van der Waals surface area contributed by atoms with Crippen LogP contribution in [0.15, 0.2) is 48.3 Å². The molecule has 2 aliphatic rings. The van der Waals surface area contributed by atoms with Crippen LogP contribution in [0, 0.1) is 18.7 Å². The van der Waals surface area contributed by atoms with Gasteiger partial charge in [-0.25, -0.2) is 8.78 Å². The van der Waals surface area contributed by atoms with Gasteiger partial charge in [0.15, 0.2) is 11.6 Å². The van der Waals surface area contributed by atoms with Crippen molar-refractivity contribution in [1.29, 1.82) is 0 Å². The molecule has 6 heteroatoms. The van der Waals surface area contributed by atoms with Crippen molar-refractivity contribution in [2.24, 2.45) is 5.92 Å². The summed E-state index contributed by atoms with van der Waals surface area (Å²) < 4.78 is 29.0. The number of ketones is 1. The van der Waals surface area contributed by atoms with Gasteiger partial charge < -0.3 is 4.90 Å². The zero-order valence-corrected chi connectivity index (χ0v) is 20.6. The monoisotopic (exact) mass is 480 g/mol. The molecular weight excluding hydrogens is 446 g/mol. The van der Waals surface area contributed by atoms with Crippen molar-refractivity contribution in [2.45, 2.75) is 58.5 Å². The van der Waals surface area contributed by atoms with Crippen molar-refractivity contribution in [3.05, 3.63) is 76.4 Å². The van der Waals surface area contributed by atoms with Crippen molar-refractivity contribution in [3.63, 3.8) is 0 Å². The maximum atomic E-state index is 14.5. The first kappa shape index (κ1) is 25.2. The van der Waals surface area contributed by atoms with Crippen molar-refractivity contribution >= 4 is 17.8 Å². The Morgan fingerprint density at radius 1 is 1.06 bits per heavy atom. The lowest BCUT2D eigenvalue weighted by Crippen LogP contribution is -2.54. The standard InChI is InChI=1S/C29H34F2N2O2/c1-20-18-32(12-13-33(20)29(35)23-10-6-7-11-23)19-25-16-26(30)15-24(21(25)2)17-28(34)27(31)14-22-8-4-3-5-9-22/h3-5,8-9,14-16,20,23H,6-7,10-13,17-19H2,1-2H3/b27-14-/t20-/m0/s1. The molecule has 35 heavy (non-hydrogen) atoms. The Hall–Kier alpha value is -2.86. The second-order valence-electron chi connectivity index (χ2n) is 9.95. The zero-order chi connectivity index (χ0) is 24.9. The number of carbonyl (C=O) groups excluding carboxylic acids is 2. The Balaban J connectivity index is 1.41. The Labute approximate surface area is 206 Å². The number of allylic oxidation sites excluding steroid dienone is 1. The highest BCUT2D eigenvalue weighted by Crippen LogP contribution is 2.28. The van der Waals surface area contributed by atoms with E-state index in [1.165, 1.54) is 18.2 Å². The first-order valence-corrected chi connectivity index (χ1v) is 12.6. The Morgan fingerprint density at radius 3 is 2.43 bits per heavy atom. The largest absolute Gasteiger partial charge is 0.337 e. The highest BCUT2D eigenvalue weighted by atomic mass is 19.1. The number of halogens is 2. The summed E-state index contributed by atoms with van der Waals surface area (Å²) in [7, 11) is 0. The van der Waals surface area contributed by atoms with Gasteiger partial charge >= 0.3 is 0 Å². The maximum Gasteiger partial charge on any atom is 0.226 e. The Kier molecular flexibility index (Phi) is 8.11. The summed E-state index contributed by atoms with van der Waals surface area (Å²) in [6.45, 7) is 6.58. The molecule has 4 nitrogen and oxygen atoms in total. The lowest BCUT2D eigenvalue weighted by Gasteiger charge is -2.41. The summed E-state index contributed by atoms with van der Waals surface area (Å²) in [5.41, 5.74) is 2.71. The number of carbonyl (C=O) groups is 2. The third-order valence-electron chi connectivity index (χ3n) is 7.39. The van der Waals surface area contributed by atoms with Crippen LogP contribution in [0.25, 0.3) is 6.08 Å². The summed E-state index contributed by atoms with van der Waals surface area (Å²) in [5, 5.41) is 0. The smallest absolute Gasteiger partial charge is 0.226 e. The normalized spacial score (nSPS) is 19.8. The topological polar surface area (TPSA) is 40.6 Å². The second-order valence-corrected chi connectivity index (χ2v) is 9.95. The number of piperazine rings is 1. The second kappa shape index (κ2) is 11.3. The molecule has 2 fully saturated rings. The van der Waals surface area contributed by atoms with E-state index in [1.807, 2.05) is 17.9 Å². The van der Waals surface area contributed by atoms with Gasteiger partial charge in [0.05, 0.1) is 0 Å². The summed E-state index contributed by atoms with van der Waals surface area (Å²) >= 11 is 0. The minimum atomic E-state index is -0.835. The Bertz CT molecular complexity index is 1090. The molecule has 2 aromatic carbocycles. The van der Waals surface area contributed by atoms with Crippen LogP contribution in [-0.4, -0.2) is 47.2 Å². The van der Waals surface area contributed by atoms with Crippen LogP contribution in [0.2, 0.25) is 0 Å². The van der Waals surface area contributed by atoms with Gasteiger partial charge in [0.25, 0.3) is 0 Å². The highest BCUT2D eigenvalue weighted by Gasteiger charge is 2.33. The molecular formula is C29H34F2N2O2. The third-order valence-corrected chi connectivity index (χ3v) is 7.39. The number of nitrogens with zero attached hydrogens (tertiary/aromatic N) is 2. The molecule has 0 unspecified atom stereocenters. The van der Waals surface area contributed by atoms with E-state index in [-0.39, 0.29) is 24.3 Å². The first-order valence-electron chi connectivity index (χ1n) is 12.6. The van der Waals surface area contributed by atoms with Gasteiger partial charge in [0, 0.05) is 44.6 Å². The number of hydrogen-bond acceptors (Lipinski definition) is 3. The average Bonchev–Trinajstić information content (AvgIpc) is 3.37. The van der Waals surface area contributed by atoms with Crippen molar-refractivity contribution in [1.82, 2.24) is 9.80 Å². The molecule has 1 saturated carbocycles. The molecule has 0 bridgehead atoms. The fourth-order valence-corrected chi connectivity index (χ4v) is 5.33. The van der Waals surface area contributed by atoms with E-state index in [1.54, 1.807) is 24.3 Å². The van der Waals surface area contributed by atoms with Crippen molar-refractivity contribution in [3.8, 4) is 0 Å². The molecule has 0 radical (unpaired) electrons. The highest BCUT2D eigenvalue weighted by molar-refractivity contribution is 5.98. The van der Waals surface area contributed by atoms with Gasteiger partial charge in [-0.2, -0.15) is 0 Å². The molecule has 1 aliphatic heterocycles. The molecule has 4 rings (SSSR count). The minimum absolute atomic E-state index is 0.101. The van der Waals surface area contributed by atoms with Crippen molar-refractivity contribution < 1.29 is 18.4 Å². The molecule has 1 atom stereocenters. The molecule has 0 spiro atoms. The SMILES string of the molecule is Cc1c(CC(=O)/C(F)=C/c2ccccc2)cc(F)cc1CN1CCN(C(=O)C2CCCC2)[C@@H](C)C1. The molecule has 0 aromatic heterocycles. The molecule has 0 N–H and O–H groups in total.